The van der Waals surface area contributed by atoms with Gasteiger partial charge in [0.05, 0.1) is 17.7 Å². The number of aliphatic hydroxyl groups excluding tert-OH is 1. The smallest absolute Gasteiger partial charge is 0.338 e. The zero-order valence-electron chi connectivity index (χ0n) is 13.5. The molecule has 1 aromatic carbocycles. The predicted molar refractivity (Wildman–Crippen MR) is 96.3 cm³/mol. The van der Waals surface area contributed by atoms with E-state index in [4.69, 9.17) is 4.74 Å². The van der Waals surface area contributed by atoms with E-state index in [9.17, 15) is 9.90 Å². The van der Waals surface area contributed by atoms with Crippen LogP contribution >= 0.6 is 15.9 Å². The summed E-state index contributed by atoms with van der Waals surface area (Å²) >= 11 is 3.39. The number of hydrogen-bond acceptors (Lipinski definition) is 3. The van der Waals surface area contributed by atoms with E-state index in [1.165, 1.54) is 0 Å². The van der Waals surface area contributed by atoms with Gasteiger partial charge in [-0.1, -0.05) is 28.1 Å². The highest BCUT2D eigenvalue weighted by molar-refractivity contribution is 9.10. The number of carbonyl (C=O) groups is 1. The van der Waals surface area contributed by atoms with Gasteiger partial charge in [0.15, 0.2) is 0 Å². The van der Waals surface area contributed by atoms with E-state index in [1.54, 1.807) is 13.0 Å². The molecule has 0 aliphatic carbocycles. The number of aromatic nitrogens is 1. The molecule has 0 bridgehead atoms. The Kier molecular flexibility index (Phi) is 4.73. The third kappa shape index (κ3) is 3.09. The predicted octanol–water partition coefficient (Wildman–Crippen LogP) is 4.27. The number of halogens is 1. The third-order valence-corrected chi connectivity index (χ3v) is 4.53. The van der Waals surface area contributed by atoms with Crippen molar-refractivity contribution in [1.82, 2.24) is 4.40 Å². The fourth-order valence-corrected chi connectivity index (χ4v) is 3.02. The zero-order valence-corrected chi connectivity index (χ0v) is 15.1. The van der Waals surface area contributed by atoms with Gasteiger partial charge in [-0.2, -0.15) is 0 Å². The molecule has 0 saturated carbocycles. The van der Waals surface area contributed by atoms with Gasteiger partial charge in [0.1, 0.15) is 6.10 Å². The number of rotatable bonds is 4. The normalized spacial score (nSPS) is 12.3. The topological polar surface area (TPSA) is 50.9 Å². The summed E-state index contributed by atoms with van der Waals surface area (Å²) in [6.45, 7) is 3.99. The second-order valence-corrected chi connectivity index (χ2v) is 6.52. The van der Waals surface area contributed by atoms with Gasteiger partial charge in [-0.25, -0.2) is 4.79 Å². The van der Waals surface area contributed by atoms with Crippen molar-refractivity contribution in [3.63, 3.8) is 0 Å². The Balaban J connectivity index is 2.07. The first-order chi connectivity index (χ1) is 11.5. The van der Waals surface area contributed by atoms with Gasteiger partial charge in [-0.15, -0.1) is 0 Å². The molecule has 0 amide bonds. The molecule has 2 aromatic heterocycles. The molecule has 4 nitrogen and oxygen atoms in total. The Morgan fingerprint density at radius 1 is 1.29 bits per heavy atom. The summed E-state index contributed by atoms with van der Waals surface area (Å²) < 4.78 is 7.99. The van der Waals surface area contributed by atoms with Crippen molar-refractivity contribution < 1.29 is 14.6 Å². The number of aryl methyl sites for hydroxylation is 1. The average molecular weight is 388 g/mol. The summed E-state index contributed by atoms with van der Waals surface area (Å²) in [6, 6.07) is 11.2. The Hall–Kier alpha value is -2.11. The molecule has 0 spiro atoms. The molecule has 1 N–H and O–H groups in total. The second-order valence-electron chi connectivity index (χ2n) is 5.61. The van der Waals surface area contributed by atoms with Crippen molar-refractivity contribution in [2.45, 2.75) is 20.0 Å². The minimum absolute atomic E-state index is 0.332. The maximum atomic E-state index is 12.1. The molecule has 0 aliphatic rings. The number of carbonyl (C=O) groups excluding carboxylic acids is 1. The second kappa shape index (κ2) is 6.79. The van der Waals surface area contributed by atoms with Gasteiger partial charge < -0.3 is 14.2 Å². The van der Waals surface area contributed by atoms with Crippen LogP contribution < -0.4 is 0 Å². The molecule has 0 saturated heterocycles. The van der Waals surface area contributed by atoms with Crippen molar-refractivity contribution in [1.29, 1.82) is 0 Å². The van der Waals surface area contributed by atoms with Crippen LogP contribution in [0, 0.1) is 6.92 Å². The minimum atomic E-state index is -0.763. The highest BCUT2D eigenvalue weighted by Crippen LogP contribution is 2.29. The van der Waals surface area contributed by atoms with E-state index < -0.39 is 6.10 Å². The van der Waals surface area contributed by atoms with Gasteiger partial charge in [0.25, 0.3) is 0 Å². The minimum Gasteiger partial charge on any atom is -0.462 e. The number of fused-ring (bicyclic) bond motifs is 1. The van der Waals surface area contributed by atoms with Crippen molar-refractivity contribution in [3.8, 4) is 0 Å². The summed E-state index contributed by atoms with van der Waals surface area (Å²) in [6.07, 6.45) is 2.99. The number of esters is 1. The number of pyridine rings is 1. The van der Waals surface area contributed by atoms with Crippen LogP contribution in [0.15, 0.2) is 53.3 Å². The number of hydrogen-bond donors (Lipinski definition) is 1. The lowest BCUT2D eigenvalue weighted by atomic mass is 10.0. The van der Waals surface area contributed by atoms with Gasteiger partial charge in [-0.3, -0.25) is 0 Å². The van der Waals surface area contributed by atoms with E-state index >= 15 is 0 Å². The van der Waals surface area contributed by atoms with Crippen LogP contribution in [-0.4, -0.2) is 22.1 Å². The molecule has 0 aliphatic heterocycles. The summed E-state index contributed by atoms with van der Waals surface area (Å²) in [5.41, 5.74) is 3.69. The molecule has 0 radical (unpaired) electrons. The van der Waals surface area contributed by atoms with Crippen LogP contribution in [0.4, 0.5) is 0 Å². The van der Waals surface area contributed by atoms with E-state index in [0.29, 0.717) is 12.2 Å². The number of ether oxygens (including phenoxy) is 1. The summed E-state index contributed by atoms with van der Waals surface area (Å²) in [4.78, 5) is 12.1. The Morgan fingerprint density at radius 2 is 2.00 bits per heavy atom. The Labute approximate surface area is 148 Å². The van der Waals surface area contributed by atoms with Crippen LogP contribution in [0.2, 0.25) is 0 Å². The first kappa shape index (κ1) is 16.7. The Bertz CT molecular complexity index is 884. The highest BCUT2D eigenvalue weighted by atomic mass is 79.9. The fraction of sp³-hybridized carbons (Fsp3) is 0.211. The average Bonchev–Trinajstić information content (AvgIpc) is 2.97. The van der Waals surface area contributed by atoms with E-state index in [1.807, 2.05) is 54.0 Å². The third-order valence-electron chi connectivity index (χ3n) is 4.00. The molecular formula is C19H18BrNO3. The van der Waals surface area contributed by atoms with Crippen molar-refractivity contribution in [2.75, 3.05) is 6.61 Å². The van der Waals surface area contributed by atoms with E-state index in [-0.39, 0.29) is 5.97 Å². The number of benzene rings is 1. The van der Waals surface area contributed by atoms with Crippen molar-refractivity contribution in [2.24, 2.45) is 0 Å². The van der Waals surface area contributed by atoms with E-state index in [2.05, 4.69) is 15.9 Å². The van der Waals surface area contributed by atoms with Crippen LogP contribution in [0.3, 0.4) is 0 Å². The summed E-state index contributed by atoms with van der Waals surface area (Å²) in [5, 5.41) is 10.7. The lowest BCUT2D eigenvalue weighted by molar-refractivity contribution is 0.0525. The SMILES string of the molecule is CCOC(=O)c1cc2c(C(O)c3ccc(Br)cc3)ccn2cc1C. The van der Waals surface area contributed by atoms with Gasteiger partial charge in [-0.05, 0) is 49.2 Å². The van der Waals surface area contributed by atoms with Crippen LogP contribution in [0.5, 0.6) is 0 Å². The van der Waals surface area contributed by atoms with Crippen LogP contribution in [0.1, 0.15) is 40.1 Å². The maximum Gasteiger partial charge on any atom is 0.338 e. The molecule has 5 heteroatoms. The maximum absolute atomic E-state index is 12.1. The fourth-order valence-electron chi connectivity index (χ4n) is 2.76. The first-order valence-electron chi connectivity index (χ1n) is 7.73. The number of aliphatic hydroxyl groups is 1. The molecule has 3 rings (SSSR count). The largest absolute Gasteiger partial charge is 0.462 e. The molecule has 24 heavy (non-hydrogen) atoms. The molecule has 0 fully saturated rings. The van der Waals surface area contributed by atoms with Gasteiger partial charge in [0.2, 0.25) is 0 Å². The molecule has 3 aromatic rings. The number of nitrogens with zero attached hydrogens (tertiary/aromatic N) is 1. The molecule has 1 atom stereocenters. The zero-order chi connectivity index (χ0) is 17.3. The lowest BCUT2D eigenvalue weighted by Gasteiger charge is -2.12. The van der Waals surface area contributed by atoms with Crippen molar-refractivity contribution >= 4 is 27.4 Å². The molecule has 124 valence electrons. The van der Waals surface area contributed by atoms with Crippen molar-refractivity contribution in [3.05, 3.63) is 75.5 Å². The standard InChI is InChI=1S/C19H18BrNO3/c1-3-24-19(23)16-10-17-15(8-9-21(17)11-12(16)2)18(22)13-4-6-14(20)7-5-13/h4-11,18,22H,3H2,1-2H3. The lowest BCUT2D eigenvalue weighted by Crippen LogP contribution is -2.08. The van der Waals surface area contributed by atoms with Crippen LogP contribution in [-0.2, 0) is 4.74 Å². The Morgan fingerprint density at radius 3 is 2.67 bits per heavy atom. The van der Waals surface area contributed by atoms with Gasteiger partial charge in [0, 0.05) is 22.4 Å². The first-order valence-corrected chi connectivity index (χ1v) is 8.52. The highest BCUT2D eigenvalue weighted by Gasteiger charge is 2.18. The van der Waals surface area contributed by atoms with E-state index in [0.717, 1.165) is 26.7 Å². The molecular weight excluding hydrogens is 370 g/mol. The quantitative estimate of drug-likeness (QED) is 0.680. The summed E-state index contributed by atoms with van der Waals surface area (Å²) in [7, 11) is 0. The molecule has 1 unspecified atom stereocenters. The summed E-state index contributed by atoms with van der Waals surface area (Å²) in [5.74, 6) is -0.345. The monoisotopic (exact) mass is 387 g/mol. The molecule has 2 heterocycles. The van der Waals surface area contributed by atoms with Gasteiger partial charge >= 0.3 is 5.97 Å². The van der Waals surface area contributed by atoms with Crippen LogP contribution in [0.25, 0.3) is 5.52 Å².